The van der Waals surface area contributed by atoms with Crippen molar-refractivity contribution in [2.24, 2.45) is 0 Å². The van der Waals surface area contributed by atoms with Gasteiger partial charge in [-0.3, -0.25) is 19.8 Å². The van der Waals surface area contributed by atoms with Crippen molar-refractivity contribution >= 4 is 23.2 Å². The number of halogens is 1. The fourth-order valence-electron chi connectivity index (χ4n) is 2.59. The van der Waals surface area contributed by atoms with Gasteiger partial charge < -0.3 is 9.64 Å². The van der Waals surface area contributed by atoms with Crippen LogP contribution in [0.3, 0.4) is 0 Å². The number of hydrogen-bond acceptors (Lipinski definition) is 6. The first-order valence-corrected chi connectivity index (χ1v) is 8.31. The van der Waals surface area contributed by atoms with Crippen molar-refractivity contribution in [2.75, 3.05) is 45.9 Å². The molecule has 1 aromatic rings. The lowest BCUT2D eigenvalue weighted by Gasteiger charge is -2.29. The SMILES string of the molecule is N#CCCN(CCN1CCOCC1)C(=O)c1ccc(Cl)cc1[N+](=O)[O-]. The molecule has 0 aromatic heterocycles. The summed E-state index contributed by atoms with van der Waals surface area (Å²) < 4.78 is 5.29. The molecule has 0 spiro atoms. The van der Waals surface area contributed by atoms with E-state index in [2.05, 4.69) is 4.90 Å². The van der Waals surface area contributed by atoms with Gasteiger partial charge in [-0.1, -0.05) is 11.6 Å². The van der Waals surface area contributed by atoms with Crippen molar-refractivity contribution < 1.29 is 14.5 Å². The summed E-state index contributed by atoms with van der Waals surface area (Å²) in [6.45, 7) is 4.09. The molecular weight excluding hydrogens is 348 g/mol. The molecule has 9 heteroatoms. The molecule has 0 radical (unpaired) electrons. The normalized spacial score (nSPS) is 14.7. The molecule has 2 rings (SSSR count). The molecule has 0 aliphatic carbocycles. The molecule has 1 aliphatic heterocycles. The van der Waals surface area contributed by atoms with E-state index >= 15 is 0 Å². The predicted molar refractivity (Wildman–Crippen MR) is 91.5 cm³/mol. The van der Waals surface area contributed by atoms with Gasteiger partial charge in [0.2, 0.25) is 0 Å². The highest BCUT2D eigenvalue weighted by Gasteiger charge is 2.25. The number of morpholine rings is 1. The zero-order valence-electron chi connectivity index (χ0n) is 13.7. The minimum atomic E-state index is -0.621. The molecule has 1 heterocycles. The fraction of sp³-hybridized carbons (Fsp3) is 0.500. The molecule has 1 aliphatic rings. The van der Waals surface area contributed by atoms with Gasteiger partial charge in [0.1, 0.15) is 5.56 Å². The molecule has 0 atom stereocenters. The van der Waals surface area contributed by atoms with Crippen LogP contribution in [0.2, 0.25) is 5.02 Å². The first kappa shape index (κ1) is 19.1. The van der Waals surface area contributed by atoms with E-state index in [1.807, 2.05) is 6.07 Å². The second kappa shape index (κ2) is 9.32. The molecular formula is C16H19ClN4O4. The van der Waals surface area contributed by atoms with Gasteiger partial charge in [0.25, 0.3) is 11.6 Å². The Morgan fingerprint density at radius 1 is 1.40 bits per heavy atom. The summed E-state index contributed by atoms with van der Waals surface area (Å²) in [4.78, 5) is 27.0. The zero-order chi connectivity index (χ0) is 18.2. The van der Waals surface area contributed by atoms with Crippen LogP contribution >= 0.6 is 11.6 Å². The van der Waals surface area contributed by atoms with E-state index in [0.29, 0.717) is 26.3 Å². The van der Waals surface area contributed by atoms with Crippen LogP contribution in [0.15, 0.2) is 18.2 Å². The van der Waals surface area contributed by atoms with Crippen molar-refractivity contribution in [3.8, 4) is 6.07 Å². The van der Waals surface area contributed by atoms with Gasteiger partial charge in [-0.2, -0.15) is 5.26 Å². The average Bonchev–Trinajstić information content (AvgIpc) is 2.62. The summed E-state index contributed by atoms with van der Waals surface area (Å²) in [7, 11) is 0. The van der Waals surface area contributed by atoms with Crippen LogP contribution < -0.4 is 0 Å². The van der Waals surface area contributed by atoms with Gasteiger partial charge in [-0.15, -0.1) is 0 Å². The Bertz CT molecular complexity index is 671. The van der Waals surface area contributed by atoms with Crippen LogP contribution in [0.4, 0.5) is 5.69 Å². The molecule has 134 valence electrons. The third-order valence-electron chi connectivity index (χ3n) is 3.96. The lowest BCUT2D eigenvalue weighted by molar-refractivity contribution is -0.385. The van der Waals surface area contributed by atoms with Gasteiger partial charge >= 0.3 is 0 Å². The van der Waals surface area contributed by atoms with Crippen molar-refractivity contribution in [1.82, 2.24) is 9.80 Å². The number of nitro groups is 1. The van der Waals surface area contributed by atoms with Crippen molar-refractivity contribution in [3.63, 3.8) is 0 Å². The molecule has 0 saturated carbocycles. The number of nitrogens with zero attached hydrogens (tertiary/aromatic N) is 4. The van der Waals surface area contributed by atoms with E-state index in [4.69, 9.17) is 21.6 Å². The number of nitro benzene ring substituents is 1. The largest absolute Gasteiger partial charge is 0.379 e. The summed E-state index contributed by atoms with van der Waals surface area (Å²) in [5.41, 5.74) is -0.347. The number of hydrogen-bond donors (Lipinski definition) is 0. The summed E-state index contributed by atoms with van der Waals surface area (Å²) >= 11 is 5.80. The average molecular weight is 367 g/mol. The number of amides is 1. The number of nitriles is 1. The minimum absolute atomic E-state index is 0.0192. The summed E-state index contributed by atoms with van der Waals surface area (Å²) in [6, 6.07) is 5.98. The minimum Gasteiger partial charge on any atom is -0.379 e. The van der Waals surface area contributed by atoms with Crippen LogP contribution in [0, 0.1) is 21.4 Å². The van der Waals surface area contributed by atoms with Gasteiger partial charge in [-0.25, -0.2) is 0 Å². The third kappa shape index (κ3) is 5.39. The highest BCUT2D eigenvalue weighted by molar-refractivity contribution is 6.31. The predicted octanol–water partition coefficient (Wildman–Crippen LogP) is 1.94. The second-order valence-electron chi connectivity index (χ2n) is 5.57. The maximum atomic E-state index is 12.8. The number of ether oxygens (including phenoxy) is 1. The van der Waals surface area contributed by atoms with E-state index in [0.717, 1.165) is 13.1 Å². The van der Waals surface area contributed by atoms with Crippen LogP contribution in [0.25, 0.3) is 0 Å². The Balaban J connectivity index is 2.14. The topological polar surface area (TPSA) is 99.7 Å². The third-order valence-corrected chi connectivity index (χ3v) is 4.19. The van der Waals surface area contributed by atoms with Crippen molar-refractivity contribution in [2.45, 2.75) is 6.42 Å². The highest BCUT2D eigenvalue weighted by atomic mass is 35.5. The van der Waals surface area contributed by atoms with E-state index in [-0.39, 0.29) is 29.2 Å². The van der Waals surface area contributed by atoms with Crippen LogP contribution in [0.5, 0.6) is 0 Å². The number of rotatable bonds is 7. The molecule has 25 heavy (non-hydrogen) atoms. The van der Waals surface area contributed by atoms with Crippen LogP contribution in [0.1, 0.15) is 16.8 Å². The van der Waals surface area contributed by atoms with E-state index < -0.39 is 10.8 Å². The Hall–Kier alpha value is -2.21. The fourth-order valence-corrected chi connectivity index (χ4v) is 2.76. The monoisotopic (exact) mass is 366 g/mol. The Kier molecular flexibility index (Phi) is 7.13. The van der Waals surface area contributed by atoms with Gasteiger partial charge in [-0.05, 0) is 12.1 Å². The smallest absolute Gasteiger partial charge is 0.283 e. The van der Waals surface area contributed by atoms with Crippen molar-refractivity contribution in [1.29, 1.82) is 5.26 Å². The van der Waals surface area contributed by atoms with Gasteiger partial charge in [0.05, 0.1) is 30.6 Å². The zero-order valence-corrected chi connectivity index (χ0v) is 14.4. The Morgan fingerprint density at radius 2 is 2.12 bits per heavy atom. The van der Waals surface area contributed by atoms with E-state index in [9.17, 15) is 14.9 Å². The highest BCUT2D eigenvalue weighted by Crippen LogP contribution is 2.24. The molecule has 1 amide bonds. The number of benzene rings is 1. The van der Waals surface area contributed by atoms with Crippen LogP contribution in [-0.4, -0.2) is 66.6 Å². The summed E-state index contributed by atoms with van der Waals surface area (Å²) in [5, 5.41) is 20.2. The van der Waals surface area contributed by atoms with Crippen molar-refractivity contribution in [3.05, 3.63) is 38.9 Å². The standard InChI is InChI=1S/C16H19ClN4O4/c17-13-2-3-14(15(12-13)21(23)24)16(22)20(5-1-4-18)7-6-19-8-10-25-11-9-19/h2-3,12H,1,5-11H2. The van der Waals surface area contributed by atoms with E-state index in [1.165, 1.54) is 23.1 Å². The Morgan fingerprint density at radius 3 is 2.76 bits per heavy atom. The van der Waals surface area contributed by atoms with Gasteiger partial charge in [0.15, 0.2) is 0 Å². The molecule has 0 bridgehead atoms. The quantitative estimate of drug-likeness (QED) is 0.540. The Labute approximate surface area is 150 Å². The molecule has 1 saturated heterocycles. The second-order valence-corrected chi connectivity index (χ2v) is 6.01. The maximum Gasteiger partial charge on any atom is 0.283 e. The van der Waals surface area contributed by atoms with Crippen LogP contribution in [-0.2, 0) is 4.74 Å². The lowest BCUT2D eigenvalue weighted by Crippen LogP contribution is -2.43. The first-order valence-electron chi connectivity index (χ1n) is 7.93. The molecule has 0 unspecified atom stereocenters. The van der Waals surface area contributed by atoms with Gasteiger partial charge in [0, 0.05) is 43.8 Å². The maximum absolute atomic E-state index is 12.8. The molecule has 8 nitrogen and oxygen atoms in total. The molecule has 0 N–H and O–H groups in total. The lowest BCUT2D eigenvalue weighted by atomic mass is 10.1. The molecule has 1 fully saturated rings. The first-order chi connectivity index (χ1) is 12.0. The number of carbonyl (C=O) groups is 1. The summed E-state index contributed by atoms with van der Waals surface area (Å²) in [5.74, 6) is -0.466. The number of carbonyl (C=O) groups excluding carboxylic acids is 1. The van der Waals surface area contributed by atoms with E-state index in [1.54, 1.807) is 0 Å². The molecule has 1 aromatic carbocycles. The summed E-state index contributed by atoms with van der Waals surface area (Å²) in [6.07, 6.45) is 0.163.